The molecule has 0 spiro atoms. The fourth-order valence-electron chi connectivity index (χ4n) is 3.83. The SMILES string of the molecule is CC1(C)CN(S(=O)(=O)c2ccccc2C#N)c2cccc(N3CCNCC3)c2O1. The van der Waals surface area contributed by atoms with E-state index in [1.807, 2.05) is 32.0 Å². The van der Waals surface area contributed by atoms with Gasteiger partial charge in [-0.1, -0.05) is 18.2 Å². The average molecular weight is 413 g/mol. The summed E-state index contributed by atoms with van der Waals surface area (Å²) in [7, 11) is -3.94. The van der Waals surface area contributed by atoms with Crippen molar-refractivity contribution >= 4 is 21.4 Å². The number of benzene rings is 2. The highest BCUT2D eigenvalue weighted by atomic mass is 32.2. The van der Waals surface area contributed by atoms with Crippen molar-refractivity contribution < 1.29 is 13.2 Å². The van der Waals surface area contributed by atoms with Crippen LogP contribution < -0.4 is 19.3 Å². The van der Waals surface area contributed by atoms with Crippen LogP contribution in [0.25, 0.3) is 0 Å². The topological polar surface area (TPSA) is 85.7 Å². The normalized spacial score (nSPS) is 18.5. The van der Waals surface area contributed by atoms with Crippen LogP contribution in [0.1, 0.15) is 19.4 Å². The number of piperazine rings is 1. The molecule has 0 atom stereocenters. The molecule has 152 valence electrons. The summed E-state index contributed by atoms with van der Waals surface area (Å²) in [5.41, 5.74) is 0.821. The van der Waals surface area contributed by atoms with E-state index >= 15 is 0 Å². The highest BCUT2D eigenvalue weighted by Gasteiger charge is 2.40. The minimum atomic E-state index is -3.94. The molecular weight excluding hydrogens is 388 g/mol. The number of hydrogen-bond donors (Lipinski definition) is 1. The van der Waals surface area contributed by atoms with E-state index in [-0.39, 0.29) is 17.0 Å². The Morgan fingerprint density at radius 2 is 1.76 bits per heavy atom. The Bertz CT molecular complexity index is 1070. The van der Waals surface area contributed by atoms with Gasteiger partial charge in [-0.15, -0.1) is 0 Å². The third-order valence-corrected chi connectivity index (χ3v) is 7.00. The minimum absolute atomic E-state index is 0.0127. The van der Waals surface area contributed by atoms with Gasteiger partial charge in [0, 0.05) is 26.2 Å². The van der Waals surface area contributed by atoms with Crippen molar-refractivity contribution in [3.63, 3.8) is 0 Å². The standard InChI is InChI=1S/C21H24N4O3S/c1-21(2)15-25(29(26,27)19-9-4-3-6-16(19)14-22)18-8-5-7-17(20(18)28-21)24-12-10-23-11-13-24/h3-9,23H,10-13,15H2,1-2H3. The number of nitrogens with zero attached hydrogens (tertiary/aromatic N) is 3. The van der Waals surface area contributed by atoms with Crippen LogP contribution in [0.2, 0.25) is 0 Å². The molecule has 0 unspecified atom stereocenters. The lowest BCUT2D eigenvalue weighted by Crippen LogP contribution is -2.50. The first-order valence-electron chi connectivity index (χ1n) is 9.63. The largest absolute Gasteiger partial charge is 0.482 e. The Balaban J connectivity index is 1.86. The number of nitrogens with one attached hydrogen (secondary N) is 1. The molecule has 0 aromatic heterocycles. The van der Waals surface area contributed by atoms with E-state index in [1.165, 1.54) is 16.4 Å². The van der Waals surface area contributed by atoms with E-state index in [0.717, 1.165) is 31.9 Å². The first-order valence-corrected chi connectivity index (χ1v) is 11.1. The molecule has 1 N–H and O–H groups in total. The summed E-state index contributed by atoms with van der Waals surface area (Å²) in [6.07, 6.45) is 0. The van der Waals surface area contributed by atoms with E-state index in [1.54, 1.807) is 18.2 Å². The molecule has 2 aliphatic rings. The van der Waals surface area contributed by atoms with Gasteiger partial charge in [0.15, 0.2) is 5.75 Å². The van der Waals surface area contributed by atoms with E-state index in [9.17, 15) is 13.7 Å². The molecule has 2 aromatic rings. The summed E-state index contributed by atoms with van der Waals surface area (Å²) < 4.78 is 34.9. The van der Waals surface area contributed by atoms with Gasteiger partial charge < -0.3 is 15.0 Å². The van der Waals surface area contributed by atoms with E-state index in [4.69, 9.17) is 4.74 Å². The summed E-state index contributed by atoms with van der Waals surface area (Å²) >= 11 is 0. The Labute approximate surface area is 171 Å². The van der Waals surface area contributed by atoms with Gasteiger partial charge in [-0.2, -0.15) is 5.26 Å². The zero-order chi connectivity index (χ0) is 20.6. The molecule has 2 aliphatic heterocycles. The van der Waals surface area contributed by atoms with Crippen LogP contribution in [0, 0.1) is 11.3 Å². The molecule has 0 aliphatic carbocycles. The van der Waals surface area contributed by atoms with Crippen molar-refractivity contribution in [2.45, 2.75) is 24.3 Å². The van der Waals surface area contributed by atoms with Gasteiger partial charge in [-0.25, -0.2) is 8.42 Å². The predicted molar refractivity (Wildman–Crippen MR) is 112 cm³/mol. The van der Waals surface area contributed by atoms with E-state index < -0.39 is 15.6 Å². The van der Waals surface area contributed by atoms with Crippen LogP contribution in [-0.4, -0.2) is 46.7 Å². The van der Waals surface area contributed by atoms with Gasteiger partial charge in [0.05, 0.1) is 23.5 Å². The fourth-order valence-corrected chi connectivity index (χ4v) is 5.59. The highest BCUT2D eigenvalue weighted by molar-refractivity contribution is 7.93. The highest BCUT2D eigenvalue weighted by Crippen LogP contribution is 2.46. The summed E-state index contributed by atoms with van der Waals surface area (Å²) in [6, 6.07) is 13.9. The van der Waals surface area contributed by atoms with E-state index in [2.05, 4.69) is 10.2 Å². The molecule has 0 radical (unpaired) electrons. The molecule has 7 nitrogen and oxygen atoms in total. The average Bonchev–Trinajstić information content (AvgIpc) is 2.72. The van der Waals surface area contributed by atoms with Gasteiger partial charge in [-0.05, 0) is 38.1 Å². The molecule has 29 heavy (non-hydrogen) atoms. The lowest BCUT2D eigenvalue weighted by atomic mass is 10.1. The smallest absolute Gasteiger partial charge is 0.265 e. The quantitative estimate of drug-likeness (QED) is 0.833. The van der Waals surface area contributed by atoms with Crippen LogP contribution in [0.4, 0.5) is 11.4 Å². The molecule has 4 rings (SSSR count). The Morgan fingerprint density at radius 3 is 2.48 bits per heavy atom. The van der Waals surface area contributed by atoms with Gasteiger partial charge in [0.25, 0.3) is 10.0 Å². The molecule has 0 bridgehead atoms. The molecule has 2 heterocycles. The maximum Gasteiger partial charge on any atom is 0.265 e. The van der Waals surface area contributed by atoms with Gasteiger partial charge in [0.2, 0.25) is 0 Å². The van der Waals surface area contributed by atoms with Gasteiger partial charge in [-0.3, -0.25) is 4.31 Å². The van der Waals surface area contributed by atoms with Crippen LogP contribution >= 0.6 is 0 Å². The zero-order valence-corrected chi connectivity index (χ0v) is 17.4. The van der Waals surface area contributed by atoms with Crippen LogP contribution in [0.5, 0.6) is 5.75 Å². The van der Waals surface area contributed by atoms with Crippen molar-refractivity contribution in [3.8, 4) is 11.8 Å². The number of rotatable bonds is 3. The van der Waals surface area contributed by atoms with Gasteiger partial charge >= 0.3 is 0 Å². The number of ether oxygens (including phenoxy) is 1. The Kier molecular flexibility index (Phi) is 4.89. The molecule has 0 saturated carbocycles. The van der Waals surface area contributed by atoms with Crippen molar-refractivity contribution in [3.05, 3.63) is 48.0 Å². The third-order valence-electron chi connectivity index (χ3n) is 5.18. The Hall–Kier alpha value is -2.76. The monoisotopic (exact) mass is 412 g/mol. The van der Waals surface area contributed by atoms with Crippen LogP contribution in [-0.2, 0) is 10.0 Å². The van der Waals surface area contributed by atoms with Crippen molar-refractivity contribution in [1.29, 1.82) is 5.26 Å². The first kappa shape index (κ1) is 19.6. The number of para-hydroxylation sites is 1. The third kappa shape index (κ3) is 3.52. The summed E-state index contributed by atoms with van der Waals surface area (Å²) in [5, 5.41) is 12.8. The second kappa shape index (κ2) is 7.25. The Morgan fingerprint density at radius 1 is 1.07 bits per heavy atom. The maximum absolute atomic E-state index is 13.6. The molecular formula is C21H24N4O3S. The maximum atomic E-state index is 13.6. The molecule has 1 saturated heterocycles. The number of anilines is 2. The lowest BCUT2D eigenvalue weighted by Gasteiger charge is -2.42. The number of nitriles is 1. The minimum Gasteiger partial charge on any atom is -0.482 e. The molecule has 2 aromatic carbocycles. The summed E-state index contributed by atoms with van der Waals surface area (Å²) in [5.74, 6) is 0.573. The summed E-state index contributed by atoms with van der Waals surface area (Å²) in [6.45, 7) is 7.29. The second-order valence-electron chi connectivity index (χ2n) is 7.84. The summed E-state index contributed by atoms with van der Waals surface area (Å²) in [4.78, 5) is 2.23. The predicted octanol–water partition coefficient (Wildman–Crippen LogP) is 2.33. The van der Waals surface area contributed by atoms with Gasteiger partial charge in [0.1, 0.15) is 16.6 Å². The first-order chi connectivity index (χ1) is 13.8. The number of hydrogen-bond acceptors (Lipinski definition) is 6. The second-order valence-corrected chi connectivity index (χ2v) is 9.67. The lowest BCUT2D eigenvalue weighted by molar-refractivity contribution is 0.111. The molecule has 8 heteroatoms. The van der Waals surface area contributed by atoms with Crippen molar-refractivity contribution in [2.24, 2.45) is 0 Å². The van der Waals surface area contributed by atoms with Crippen LogP contribution in [0.15, 0.2) is 47.4 Å². The van der Waals surface area contributed by atoms with Crippen molar-refractivity contribution in [2.75, 3.05) is 41.9 Å². The number of fused-ring (bicyclic) bond motifs is 1. The van der Waals surface area contributed by atoms with Crippen molar-refractivity contribution in [1.82, 2.24) is 5.32 Å². The van der Waals surface area contributed by atoms with Crippen LogP contribution in [0.3, 0.4) is 0 Å². The molecule has 1 fully saturated rings. The zero-order valence-electron chi connectivity index (χ0n) is 16.6. The number of sulfonamides is 1. The molecule has 0 amide bonds. The van der Waals surface area contributed by atoms with E-state index in [0.29, 0.717) is 11.4 Å². The fraction of sp³-hybridized carbons (Fsp3) is 0.381.